The van der Waals surface area contributed by atoms with E-state index in [1.165, 1.54) is 18.9 Å². The van der Waals surface area contributed by atoms with Gasteiger partial charge < -0.3 is 19.6 Å². The number of allylic oxidation sites excluding steroid dienone is 1. The second-order valence-corrected chi connectivity index (χ2v) is 9.00. The number of esters is 1. The minimum Gasteiger partial charge on any atom is -0.461 e. The lowest BCUT2D eigenvalue weighted by molar-refractivity contribution is -0.139. The summed E-state index contributed by atoms with van der Waals surface area (Å²) in [5.41, 5.74) is 8.28. The van der Waals surface area contributed by atoms with E-state index in [0.717, 1.165) is 55.6 Å². The highest BCUT2D eigenvalue weighted by Crippen LogP contribution is 2.34. The van der Waals surface area contributed by atoms with Crippen LogP contribution in [0.1, 0.15) is 38.6 Å². The van der Waals surface area contributed by atoms with E-state index in [9.17, 15) is 9.18 Å². The number of carbonyl (C=O) groups is 1. The summed E-state index contributed by atoms with van der Waals surface area (Å²) in [6.45, 7) is 6.05. The van der Waals surface area contributed by atoms with Crippen LogP contribution in [0.3, 0.4) is 0 Å². The summed E-state index contributed by atoms with van der Waals surface area (Å²) in [7, 11) is 0. The number of ether oxygens (including phenoxy) is 1. The van der Waals surface area contributed by atoms with Crippen LogP contribution in [0.5, 0.6) is 0 Å². The standard InChI is InChI=1S/C25H32FN5O2/c1-2-33-25(32)23-16-20(17-27-28-23)30-14-12-29(13-15-30)18-6-8-19(9-7-18)31-11-10-21-22(26)4-3-5-24(21)31/h3-5,10-11,16-19,27-28H,2,6-9,12-15H2,1H3. The van der Waals surface area contributed by atoms with E-state index < -0.39 is 0 Å². The highest BCUT2D eigenvalue weighted by molar-refractivity contribution is 5.88. The quantitative estimate of drug-likeness (QED) is 0.678. The second kappa shape index (κ2) is 9.47. The van der Waals surface area contributed by atoms with E-state index in [1.807, 2.05) is 24.4 Å². The fourth-order valence-electron chi connectivity index (χ4n) is 5.43. The zero-order valence-corrected chi connectivity index (χ0v) is 19.1. The van der Waals surface area contributed by atoms with Gasteiger partial charge in [-0.1, -0.05) is 6.07 Å². The molecule has 0 unspecified atom stereocenters. The number of hydrogen-bond donors (Lipinski definition) is 2. The van der Waals surface area contributed by atoms with Crippen LogP contribution in [0.25, 0.3) is 10.9 Å². The Hall–Kier alpha value is -3.00. The molecule has 8 heteroatoms. The van der Waals surface area contributed by atoms with Crippen molar-refractivity contribution < 1.29 is 13.9 Å². The fourth-order valence-corrected chi connectivity index (χ4v) is 5.43. The molecule has 2 fully saturated rings. The van der Waals surface area contributed by atoms with Gasteiger partial charge in [0, 0.05) is 56.0 Å². The highest BCUT2D eigenvalue weighted by Gasteiger charge is 2.30. The molecule has 0 atom stereocenters. The predicted molar refractivity (Wildman–Crippen MR) is 125 cm³/mol. The molecule has 0 amide bonds. The Morgan fingerprint density at radius 2 is 1.85 bits per heavy atom. The third kappa shape index (κ3) is 4.44. The smallest absolute Gasteiger partial charge is 0.356 e. The number of benzene rings is 1. The van der Waals surface area contributed by atoms with Gasteiger partial charge in [0.1, 0.15) is 11.5 Å². The Morgan fingerprint density at radius 3 is 2.61 bits per heavy atom. The molecule has 1 saturated heterocycles. The van der Waals surface area contributed by atoms with Crippen LogP contribution < -0.4 is 10.9 Å². The molecule has 2 aromatic rings. The largest absolute Gasteiger partial charge is 0.461 e. The summed E-state index contributed by atoms with van der Waals surface area (Å²) in [6.07, 6.45) is 10.4. The molecule has 1 aromatic carbocycles. The maximum Gasteiger partial charge on any atom is 0.356 e. The Kier molecular flexibility index (Phi) is 6.26. The molecule has 0 radical (unpaired) electrons. The third-order valence-electron chi connectivity index (χ3n) is 7.18. The molecule has 7 nitrogen and oxygen atoms in total. The number of aromatic nitrogens is 1. The van der Waals surface area contributed by atoms with Crippen molar-refractivity contribution in [2.24, 2.45) is 0 Å². The van der Waals surface area contributed by atoms with Crippen LogP contribution in [0.2, 0.25) is 0 Å². The molecule has 1 aliphatic carbocycles. The molecular weight excluding hydrogens is 421 g/mol. The third-order valence-corrected chi connectivity index (χ3v) is 7.18. The van der Waals surface area contributed by atoms with Gasteiger partial charge in [0.25, 0.3) is 0 Å². The van der Waals surface area contributed by atoms with E-state index in [1.54, 1.807) is 13.0 Å². The van der Waals surface area contributed by atoms with Crippen LogP contribution >= 0.6 is 0 Å². The summed E-state index contributed by atoms with van der Waals surface area (Å²) < 4.78 is 21.4. The minimum atomic E-state index is -0.343. The minimum absolute atomic E-state index is 0.138. The number of carbonyl (C=O) groups excluding carboxylic acids is 1. The van der Waals surface area contributed by atoms with Crippen molar-refractivity contribution in [2.75, 3.05) is 32.8 Å². The van der Waals surface area contributed by atoms with E-state index in [0.29, 0.717) is 24.4 Å². The van der Waals surface area contributed by atoms with Gasteiger partial charge in [-0.05, 0) is 56.9 Å². The zero-order valence-electron chi connectivity index (χ0n) is 19.1. The van der Waals surface area contributed by atoms with Crippen LogP contribution in [0, 0.1) is 5.82 Å². The number of hydrogen-bond acceptors (Lipinski definition) is 6. The van der Waals surface area contributed by atoms with Crippen LogP contribution in [0.15, 0.2) is 54.1 Å². The second-order valence-electron chi connectivity index (χ2n) is 9.00. The maximum atomic E-state index is 14.1. The molecule has 176 valence electrons. The molecule has 0 bridgehead atoms. The first-order valence-electron chi connectivity index (χ1n) is 12.0. The zero-order chi connectivity index (χ0) is 22.8. The number of fused-ring (bicyclic) bond motifs is 1. The molecule has 3 heterocycles. The first-order chi connectivity index (χ1) is 16.1. The first kappa shape index (κ1) is 21.8. The molecule has 1 aromatic heterocycles. The van der Waals surface area contributed by atoms with Gasteiger partial charge >= 0.3 is 5.97 Å². The average molecular weight is 454 g/mol. The van der Waals surface area contributed by atoms with E-state index in [-0.39, 0.29) is 11.8 Å². The number of hydrazine groups is 1. The molecule has 0 spiro atoms. The number of nitrogens with one attached hydrogen (secondary N) is 2. The van der Waals surface area contributed by atoms with Gasteiger partial charge in [0.05, 0.1) is 17.8 Å². The average Bonchev–Trinajstić information content (AvgIpc) is 3.30. The van der Waals surface area contributed by atoms with Gasteiger partial charge in [-0.3, -0.25) is 10.3 Å². The summed E-state index contributed by atoms with van der Waals surface area (Å²) >= 11 is 0. The maximum absolute atomic E-state index is 14.1. The van der Waals surface area contributed by atoms with Crippen LogP contribution in [0.4, 0.5) is 4.39 Å². The number of rotatable bonds is 5. The Morgan fingerprint density at radius 1 is 1.09 bits per heavy atom. The number of halogens is 1. The SMILES string of the molecule is CCOC(=O)C1=CC(N2CCN(C3CCC(n4ccc5c(F)cccc54)CC3)CC2)=CNN1. The monoisotopic (exact) mass is 453 g/mol. The summed E-state index contributed by atoms with van der Waals surface area (Å²) in [4.78, 5) is 16.9. The van der Waals surface area contributed by atoms with Crippen molar-refractivity contribution in [1.82, 2.24) is 25.2 Å². The van der Waals surface area contributed by atoms with Gasteiger partial charge in [0.15, 0.2) is 0 Å². The lowest BCUT2D eigenvalue weighted by Crippen LogP contribution is -2.51. The lowest BCUT2D eigenvalue weighted by atomic mass is 9.89. The van der Waals surface area contributed by atoms with Gasteiger partial charge in [0.2, 0.25) is 0 Å². The van der Waals surface area contributed by atoms with Gasteiger partial charge in [-0.2, -0.15) is 0 Å². The Labute approximate surface area is 193 Å². The van der Waals surface area contributed by atoms with Gasteiger partial charge in [-0.25, -0.2) is 9.18 Å². The molecule has 5 rings (SSSR count). The van der Waals surface area contributed by atoms with Gasteiger partial charge in [-0.15, -0.1) is 0 Å². The normalized spacial score (nSPS) is 24.0. The van der Waals surface area contributed by atoms with Crippen LogP contribution in [-0.2, 0) is 9.53 Å². The van der Waals surface area contributed by atoms with E-state index in [4.69, 9.17) is 4.74 Å². The lowest BCUT2D eigenvalue weighted by Gasteiger charge is -2.43. The number of piperazine rings is 1. The molecule has 2 aliphatic heterocycles. The van der Waals surface area contributed by atoms with Crippen LogP contribution in [-0.4, -0.2) is 59.2 Å². The van der Waals surface area contributed by atoms with Crippen molar-refractivity contribution in [3.63, 3.8) is 0 Å². The van der Waals surface area contributed by atoms with Crippen molar-refractivity contribution >= 4 is 16.9 Å². The van der Waals surface area contributed by atoms with E-state index >= 15 is 0 Å². The van der Waals surface area contributed by atoms with Crippen molar-refractivity contribution in [2.45, 2.75) is 44.7 Å². The molecule has 1 saturated carbocycles. The predicted octanol–water partition coefficient (Wildman–Crippen LogP) is 3.28. The van der Waals surface area contributed by atoms with Crippen molar-refractivity contribution in [1.29, 1.82) is 0 Å². The Bertz CT molecular complexity index is 1060. The summed E-state index contributed by atoms with van der Waals surface area (Å²) in [6, 6.07) is 8.31. The topological polar surface area (TPSA) is 61.8 Å². The molecular formula is C25H32FN5O2. The molecule has 2 N–H and O–H groups in total. The summed E-state index contributed by atoms with van der Waals surface area (Å²) in [5, 5.41) is 0.720. The van der Waals surface area contributed by atoms with Crippen molar-refractivity contribution in [3.05, 3.63) is 59.9 Å². The highest BCUT2D eigenvalue weighted by atomic mass is 19.1. The number of nitrogens with zero attached hydrogens (tertiary/aromatic N) is 3. The van der Waals surface area contributed by atoms with Crippen molar-refractivity contribution in [3.8, 4) is 0 Å². The first-order valence-corrected chi connectivity index (χ1v) is 12.0. The molecule has 3 aliphatic rings. The Balaban J connectivity index is 1.15. The van der Waals surface area contributed by atoms with E-state index in [2.05, 4.69) is 31.4 Å². The summed E-state index contributed by atoms with van der Waals surface area (Å²) in [5.74, 6) is -0.481. The molecule has 33 heavy (non-hydrogen) atoms. The fraction of sp³-hybridized carbons (Fsp3) is 0.480.